The fourth-order valence-corrected chi connectivity index (χ4v) is 3.88. The van der Waals surface area contributed by atoms with Crippen LogP contribution in [0, 0.1) is 0 Å². The first kappa shape index (κ1) is 16.8. The second kappa shape index (κ2) is 6.93. The predicted molar refractivity (Wildman–Crippen MR) is 99.0 cm³/mol. The number of benzene rings is 2. The highest BCUT2D eigenvalue weighted by molar-refractivity contribution is 7.99. The zero-order valence-corrected chi connectivity index (χ0v) is 14.7. The van der Waals surface area contributed by atoms with Gasteiger partial charge in [-0.05, 0) is 30.3 Å². The maximum absolute atomic E-state index is 12.5. The van der Waals surface area contributed by atoms with Gasteiger partial charge in [-0.1, -0.05) is 35.2 Å². The molecule has 9 heteroatoms. The zero-order chi connectivity index (χ0) is 18.1. The van der Waals surface area contributed by atoms with Gasteiger partial charge >= 0.3 is 0 Å². The van der Waals surface area contributed by atoms with Gasteiger partial charge in [-0.3, -0.25) is 15.1 Å². The Balaban J connectivity index is 1.58. The van der Waals surface area contributed by atoms with E-state index in [1.54, 1.807) is 24.3 Å². The molecule has 0 spiro atoms. The van der Waals surface area contributed by atoms with Crippen LogP contribution < -0.4 is 5.32 Å². The molecule has 0 unspecified atom stereocenters. The third-order valence-corrected chi connectivity index (χ3v) is 5.12. The van der Waals surface area contributed by atoms with Crippen LogP contribution in [-0.4, -0.2) is 26.6 Å². The highest BCUT2D eigenvalue weighted by atomic mass is 32.2. The van der Waals surface area contributed by atoms with Crippen molar-refractivity contribution in [3.8, 4) is 0 Å². The van der Waals surface area contributed by atoms with Crippen LogP contribution in [0.4, 0.5) is 13.9 Å². The van der Waals surface area contributed by atoms with E-state index in [1.807, 2.05) is 18.2 Å². The number of nitrogens with one attached hydrogen (secondary N) is 1. The largest absolute Gasteiger partial charge is 0.296 e. The maximum Gasteiger partial charge on any atom is 0.288 e. The maximum atomic E-state index is 12.5. The summed E-state index contributed by atoms with van der Waals surface area (Å²) in [5.41, 5.74) is 2.14. The summed E-state index contributed by atoms with van der Waals surface area (Å²) in [5, 5.41) is 3.06. The molecular formula is C17H10F2N4OS2. The van der Waals surface area contributed by atoms with E-state index in [4.69, 9.17) is 0 Å². The van der Waals surface area contributed by atoms with Gasteiger partial charge < -0.3 is 0 Å². The van der Waals surface area contributed by atoms with Crippen LogP contribution in [-0.2, 0) is 0 Å². The highest BCUT2D eigenvalue weighted by Crippen LogP contribution is 2.32. The Labute approximate surface area is 154 Å². The van der Waals surface area contributed by atoms with Crippen molar-refractivity contribution in [3.63, 3.8) is 0 Å². The molecule has 0 saturated heterocycles. The summed E-state index contributed by atoms with van der Waals surface area (Å²) >= 11 is 1.69. The number of rotatable bonds is 4. The van der Waals surface area contributed by atoms with Crippen LogP contribution in [0.25, 0.3) is 21.3 Å². The Kier molecular flexibility index (Phi) is 4.48. The van der Waals surface area contributed by atoms with E-state index in [-0.39, 0.29) is 5.69 Å². The van der Waals surface area contributed by atoms with Crippen LogP contribution in [0.2, 0.25) is 0 Å². The lowest BCUT2D eigenvalue weighted by molar-refractivity contribution is 0.102. The van der Waals surface area contributed by atoms with E-state index in [0.29, 0.717) is 38.3 Å². The van der Waals surface area contributed by atoms with Crippen LogP contribution in [0.15, 0.2) is 53.6 Å². The number of hydrogen-bond acceptors (Lipinski definition) is 6. The van der Waals surface area contributed by atoms with E-state index >= 15 is 0 Å². The Bertz CT molecular complexity index is 1120. The van der Waals surface area contributed by atoms with E-state index in [1.165, 1.54) is 17.5 Å². The number of thiazole rings is 1. The van der Waals surface area contributed by atoms with Gasteiger partial charge in [0.2, 0.25) is 0 Å². The molecule has 0 aliphatic carbocycles. The van der Waals surface area contributed by atoms with Crippen molar-refractivity contribution < 1.29 is 13.6 Å². The van der Waals surface area contributed by atoms with Crippen LogP contribution in [0.1, 0.15) is 10.5 Å². The Morgan fingerprint density at radius 3 is 2.69 bits per heavy atom. The van der Waals surface area contributed by atoms with Crippen LogP contribution in [0.5, 0.6) is 0 Å². The Morgan fingerprint density at radius 1 is 1.08 bits per heavy atom. The summed E-state index contributed by atoms with van der Waals surface area (Å²) in [5.74, 6) is -2.91. The molecule has 0 aliphatic rings. The summed E-state index contributed by atoms with van der Waals surface area (Å²) in [7, 11) is 0. The van der Waals surface area contributed by atoms with Crippen molar-refractivity contribution in [2.24, 2.45) is 0 Å². The smallest absolute Gasteiger partial charge is 0.288 e. The molecule has 0 atom stereocenters. The van der Waals surface area contributed by atoms with Gasteiger partial charge in [-0.25, -0.2) is 9.97 Å². The fourth-order valence-electron chi connectivity index (χ4n) is 2.36. The monoisotopic (exact) mass is 388 g/mol. The molecular weight excluding hydrogens is 378 g/mol. The van der Waals surface area contributed by atoms with Crippen molar-refractivity contribution in [1.82, 2.24) is 15.0 Å². The van der Waals surface area contributed by atoms with E-state index in [2.05, 4.69) is 20.3 Å². The Hall–Kier alpha value is -2.65. The minimum absolute atomic E-state index is 0.178. The number of thioether (sulfide) groups is 1. The summed E-state index contributed by atoms with van der Waals surface area (Å²) < 4.78 is 25.7. The molecule has 0 aliphatic heterocycles. The molecule has 0 bridgehead atoms. The average molecular weight is 388 g/mol. The molecule has 1 N–H and O–H groups in total. The Morgan fingerprint density at radius 2 is 1.88 bits per heavy atom. The lowest BCUT2D eigenvalue weighted by Gasteiger charge is -2.02. The number of anilines is 1. The van der Waals surface area contributed by atoms with Gasteiger partial charge in [-0.2, -0.15) is 8.78 Å². The average Bonchev–Trinajstić information content (AvgIpc) is 3.02. The van der Waals surface area contributed by atoms with Gasteiger partial charge in [0.05, 0.1) is 27.4 Å². The van der Waals surface area contributed by atoms with Gasteiger partial charge in [0.15, 0.2) is 5.13 Å². The number of alkyl halides is 2. The number of amides is 1. The molecule has 0 saturated carbocycles. The van der Waals surface area contributed by atoms with Gasteiger partial charge in [-0.15, -0.1) is 0 Å². The second-order valence-corrected chi connectivity index (χ2v) is 7.32. The topological polar surface area (TPSA) is 67.8 Å². The SMILES string of the molecule is O=C(Nc1nc2ccc(SC(F)F)cc2s1)c1cnc2ccccc2n1. The first-order chi connectivity index (χ1) is 12.6. The summed E-state index contributed by atoms with van der Waals surface area (Å²) in [4.78, 5) is 25.7. The van der Waals surface area contributed by atoms with Crippen molar-refractivity contribution >= 4 is 55.4 Å². The molecule has 1 amide bonds. The standard InChI is InChI=1S/C17H10F2N4OS2/c18-16(19)25-9-5-6-12-14(7-9)26-17(22-12)23-15(24)13-8-20-10-3-1-2-4-11(10)21-13/h1-8,16H,(H,22,23,24). The van der Waals surface area contributed by atoms with Crippen molar-refractivity contribution in [2.75, 3.05) is 5.32 Å². The van der Waals surface area contributed by atoms with Gasteiger partial charge in [0.25, 0.3) is 11.7 Å². The molecule has 2 aromatic carbocycles. The third-order valence-electron chi connectivity index (χ3n) is 3.49. The molecule has 2 heterocycles. The van der Waals surface area contributed by atoms with Crippen LogP contribution in [0.3, 0.4) is 0 Å². The molecule has 0 radical (unpaired) electrons. The number of fused-ring (bicyclic) bond motifs is 2. The number of halogens is 2. The highest BCUT2D eigenvalue weighted by Gasteiger charge is 2.13. The van der Waals surface area contributed by atoms with Crippen molar-refractivity contribution in [1.29, 1.82) is 0 Å². The normalized spacial score (nSPS) is 11.3. The van der Waals surface area contributed by atoms with Gasteiger partial charge in [0.1, 0.15) is 5.69 Å². The first-order valence-corrected chi connectivity index (χ1v) is 9.17. The lowest BCUT2D eigenvalue weighted by atomic mass is 10.3. The number of hydrogen-bond donors (Lipinski definition) is 1. The summed E-state index contributed by atoms with van der Waals surface area (Å²) in [6, 6.07) is 12.1. The minimum Gasteiger partial charge on any atom is -0.296 e. The fraction of sp³-hybridized carbons (Fsp3) is 0.0588. The van der Waals surface area contributed by atoms with Crippen molar-refractivity contribution in [3.05, 3.63) is 54.4 Å². The number of carbonyl (C=O) groups is 1. The molecule has 130 valence electrons. The summed E-state index contributed by atoms with van der Waals surface area (Å²) in [6.07, 6.45) is 1.41. The second-order valence-electron chi connectivity index (χ2n) is 5.23. The zero-order valence-electron chi connectivity index (χ0n) is 13.0. The number of carbonyl (C=O) groups excluding carboxylic acids is 1. The lowest BCUT2D eigenvalue weighted by Crippen LogP contribution is -2.13. The quantitative estimate of drug-likeness (QED) is 0.508. The number of aromatic nitrogens is 3. The van der Waals surface area contributed by atoms with Crippen LogP contribution >= 0.6 is 23.1 Å². The van der Waals surface area contributed by atoms with E-state index in [9.17, 15) is 13.6 Å². The van der Waals surface area contributed by atoms with E-state index < -0.39 is 11.7 Å². The van der Waals surface area contributed by atoms with Crippen molar-refractivity contribution in [2.45, 2.75) is 10.7 Å². The third kappa shape index (κ3) is 3.49. The molecule has 26 heavy (non-hydrogen) atoms. The predicted octanol–water partition coefficient (Wildman–Crippen LogP) is 4.81. The molecule has 0 fully saturated rings. The molecule has 5 nitrogen and oxygen atoms in total. The van der Waals surface area contributed by atoms with Gasteiger partial charge in [0, 0.05) is 4.90 Å². The molecule has 4 rings (SSSR count). The summed E-state index contributed by atoms with van der Waals surface area (Å²) in [6.45, 7) is 0. The minimum atomic E-state index is -2.48. The number of nitrogens with zero attached hydrogens (tertiary/aromatic N) is 3. The number of para-hydroxylation sites is 2. The van der Waals surface area contributed by atoms with E-state index in [0.717, 1.165) is 4.70 Å². The first-order valence-electron chi connectivity index (χ1n) is 7.47. The molecule has 4 aromatic rings. The molecule has 2 aromatic heterocycles.